The molecule has 0 fully saturated rings. The third kappa shape index (κ3) is 2.91. The minimum atomic E-state index is -2.72. The van der Waals surface area contributed by atoms with Crippen molar-refractivity contribution in [2.24, 2.45) is 0 Å². The summed E-state index contributed by atoms with van der Waals surface area (Å²) in [4.78, 5) is 0. The van der Waals surface area contributed by atoms with Crippen LogP contribution in [0.15, 0.2) is 91.0 Å². The third-order valence-corrected chi connectivity index (χ3v) is 19.4. The molecular weight excluding hydrogens is 340 g/mol. The molecule has 0 saturated carbocycles. The normalized spacial score (nSPS) is 12.1. The first kappa shape index (κ1) is 17.8. The van der Waals surface area contributed by atoms with Crippen LogP contribution in [0.3, 0.4) is 0 Å². The van der Waals surface area contributed by atoms with Gasteiger partial charge in [-0.05, 0) is 5.19 Å². The van der Waals surface area contributed by atoms with Crippen molar-refractivity contribution in [3.05, 3.63) is 91.0 Å². The van der Waals surface area contributed by atoms with E-state index in [0.29, 0.717) is 0 Å². The summed E-state index contributed by atoms with van der Waals surface area (Å²) in [5, 5.41) is 3.85. The molecule has 0 atom stereocenters. The fourth-order valence-electron chi connectivity index (χ4n) is 3.76. The van der Waals surface area contributed by atoms with Crippen molar-refractivity contribution in [1.29, 1.82) is 0 Å². The van der Waals surface area contributed by atoms with Gasteiger partial charge in [0.15, 0.2) is 7.59 Å². The molecule has 0 bridgehead atoms. The second-order valence-corrected chi connectivity index (χ2v) is 17.3. The summed E-state index contributed by atoms with van der Waals surface area (Å²) in [6.07, 6.45) is 0. The second-order valence-electron chi connectivity index (χ2n) is 6.25. The minimum Gasteiger partial charge on any atom is -0.396 e. The summed E-state index contributed by atoms with van der Waals surface area (Å²) in [7, 11) is -1.43. The van der Waals surface area contributed by atoms with Crippen LogP contribution in [-0.2, 0) is 8.85 Å². The van der Waals surface area contributed by atoms with Crippen LogP contribution in [0.25, 0.3) is 0 Å². The maximum absolute atomic E-state index is 6.33. The van der Waals surface area contributed by atoms with Crippen LogP contribution >= 0.6 is 0 Å². The van der Waals surface area contributed by atoms with E-state index in [-0.39, 0.29) is 0 Å². The second kappa shape index (κ2) is 7.49. The molecule has 0 amide bonds. The van der Waals surface area contributed by atoms with E-state index in [1.54, 1.807) is 14.2 Å². The molecule has 0 unspecified atom stereocenters. The molecule has 0 aliphatic rings. The molecule has 3 aromatic carbocycles. The van der Waals surface area contributed by atoms with E-state index >= 15 is 0 Å². The zero-order chi connectivity index (χ0) is 17.8. The Hall–Kier alpha value is -1.99. The van der Waals surface area contributed by atoms with E-state index in [9.17, 15) is 0 Å². The van der Waals surface area contributed by atoms with Gasteiger partial charge in [-0.1, -0.05) is 108 Å². The SMILES string of the molecule is CO[Si](OC)(c1ccccc1)[Si](C)(c1ccccc1)c1ccccc1. The maximum Gasteiger partial charge on any atom is 0.359 e. The van der Waals surface area contributed by atoms with Crippen molar-refractivity contribution >= 4 is 31.2 Å². The number of benzene rings is 3. The van der Waals surface area contributed by atoms with Gasteiger partial charge < -0.3 is 8.85 Å². The van der Waals surface area contributed by atoms with Crippen molar-refractivity contribution < 1.29 is 8.85 Å². The molecular formula is C21H24O2Si2. The Morgan fingerprint density at radius 2 is 0.840 bits per heavy atom. The summed E-state index contributed by atoms with van der Waals surface area (Å²) >= 11 is 0. The monoisotopic (exact) mass is 364 g/mol. The molecule has 0 aliphatic carbocycles. The van der Waals surface area contributed by atoms with Crippen molar-refractivity contribution in [3.63, 3.8) is 0 Å². The summed E-state index contributed by atoms with van der Waals surface area (Å²) in [6.45, 7) is 2.38. The molecule has 0 radical (unpaired) electrons. The molecule has 3 aromatic rings. The van der Waals surface area contributed by atoms with Gasteiger partial charge in [-0.15, -0.1) is 0 Å². The van der Waals surface area contributed by atoms with E-state index in [2.05, 4.69) is 91.5 Å². The van der Waals surface area contributed by atoms with Gasteiger partial charge >= 0.3 is 8.08 Å². The molecule has 4 heteroatoms. The van der Waals surface area contributed by atoms with Crippen molar-refractivity contribution in [2.75, 3.05) is 14.2 Å². The molecule has 2 nitrogen and oxygen atoms in total. The number of hydrogen-bond acceptors (Lipinski definition) is 2. The Labute approximate surface area is 152 Å². The fraction of sp³-hybridized carbons (Fsp3) is 0.143. The van der Waals surface area contributed by atoms with Crippen molar-refractivity contribution in [2.45, 2.75) is 6.55 Å². The van der Waals surface area contributed by atoms with Crippen LogP contribution in [0, 0.1) is 0 Å². The van der Waals surface area contributed by atoms with Crippen LogP contribution in [0.2, 0.25) is 6.55 Å². The average molecular weight is 365 g/mol. The Kier molecular flexibility index (Phi) is 5.34. The van der Waals surface area contributed by atoms with Crippen molar-refractivity contribution in [3.8, 4) is 0 Å². The van der Waals surface area contributed by atoms with Gasteiger partial charge in [0.25, 0.3) is 0 Å². The number of hydrogen-bond donors (Lipinski definition) is 0. The van der Waals surface area contributed by atoms with Gasteiger partial charge in [0.05, 0.1) is 0 Å². The lowest BCUT2D eigenvalue weighted by Gasteiger charge is -2.43. The van der Waals surface area contributed by atoms with Crippen LogP contribution in [0.1, 0.15) is 0 Å². The summed E-state index contributed by atoms with van der Waals surface area (Å²) in [6, 6.07) is 31.9. The van der Waals surface area contributed by atoms with Crippen molar-refractivity contribution in [1.82, 2.24) is 0 Å². The Morgan fingerprint density at radius 1 is 0.520 bits per heavy atom. The highest BCUT2D eigenvalue weighted by Gasteiger charge is 2.59. The maximum atomic E-state index is 6.33. The molecule has 0 heterocycles. The van der Waals surface area contributed by atoms with E-state index in [4.69, 9.17) is 8.85 Å². The van der Waals surface area contributed by atoms with E-state index in [0.717, 1.165) is 0 Å². The molecule has 3 rings (SSSR count). The molecule has 0 aromatic heterocycles. The van der Waals surface area contributed by atoms with Gasteiger partial charge in [0.1, 0.15) is 0 Å². The van der Waals surface area contributed by atoms with E-state index in [1.165, 1.54) is 15.6 Å². The van der Waals surface area contributed by atoms with Gasteiger partial charge in [0.2, 0.25) is 0 Å². The highest BCUT2D eigenvalue weighted by Crippen LogP contribution is 2.22. The van der Waals surface area contributed by atoms with Gasteiger partial charge in [-0.2, -0.15) is 0 Å². The highest BCUT2D eigenvalue weighted by molar-refractivity contribution is 7.51. The first-order chi connectivity index (χ1) is 12.2. The summed E-state index contributed by atoms with van der Waals surface area (Å²) < 4.78 is 12.7. The van der Waals surface area contributed by atoms with E-state index < -0.39 is 15.7 Å². The quantitative estimate of drug-likeness (QED) is 0.626. The highest BCUT2D eigenvalue weighted by atomic mass is 29.3. The Balaban J connectivity index is 2.33. The third-order valence-electron chi connectivity index (χ3n) is 5.09. The first-order valence-corrected chi connectivity index (χ1v) is 13.8. The molecule has 0 aliphatic heterocycles. The topological polar surface area (TPSA) is 18.5 Å². The molecule has 0 N–H and O–H groups in total. The summed E-state index contributed by atoms with van der Waals surface area (Å²) in [5.74, 6) is 0. The average Bonchev–Trinajstić information content (AvgIpc) is 2.71. The predicted molar refractivity (Wildman–Crippen MR) is 110 cm³/mol. The molecule has 128 valence electrons. The van der Waals surface area contributed by atoms with Crippen LogP contribution in [0.5, 0.6) is 0 Å². The molecule has 0 spiro atoms. The van der Waals surface area contributed by atoms with Gasteiger partial charge in [-0.3, -0.25) is 0 Å². The largest absolute Gasteiger partial charge is 0.396 e. The van der Waals surface area contributed by atoms with Gasteiger partial charge in [-0.25, -0.2) is 0 Å². The lowest BCUT2D eigenvalue weighted by Crippen LogP contribution is -2.81. The predicted octanol–water partition coefficient (Wildman–Crippen LogP) is 2.60. The molecule has 0 saturated heterocycles. The van der Waals surface area contributed by atoms with Crippen LogP contribution in [0.4, 0.5) is 0 Å². The Bertz CT molecular complexity index is 748. The summed E-state index contributed by atoms with van der Waals surface area (Å²) in [5.41, 5.74) is 0. The van der Waals surface area contributed by atoms with Crippen LogP contribution in [-0.4, -0.2) is 29.9 Å². The van der Waals surface area contributed by atoms with Crippen LogP contribution < -0.4 is 15.6 Å². The zero-order valence-electron chi connectivity index (χ0n) is 15.0. The fourth-order valence-corrected chi connectivity index (χ4v) is 17.2. The Morgan fingerprint density at radius 3 is 1.16 bits per heavy atom. The zero-order valence-corrected chi connectivity index (χ0v) is 17.0. The lowest BCUT2D eigenvalue weighted by atomic mass is 10.4. The number of rotatable bonds is 6. The smallest absolute Gasteiger partial charge is 0.359 e. The lowest BCUT2D eigenvalue weighted by molar-refractivity contribution is 0.278. The van der Waals surface area contributed by atoms with Gasteiger partial charge in [0, 0.05) is 14.2 Å². The minimum absolute atomic E-state index is 1.18. The first-order valence-electron chi connectivity index (χ1n) is 8.46. The van der Waals surface area contributed by atoms with E-state index in [1.807, 2.05) is 6.07 Å². The molecule has 25 heavy (non-hydrogen) atoms. The standard InChI is InChI=1S/C21H24O2Si2/c1-22-25(23-2,21-17-11-6-12-18-21)24(3,19-13-7-4-8-14-19)20-15-9-5-10-16-20/h4-18H,1-3H3.